The smallest absolute Gasteiger partial charge is 0.340 e. The second kappa shape index (κ2) is 7.19. The Balaban J connectivity index is 2.20. The molecular weight excluding hydrogens is 336 g/mol. The Kier molecular flexibility index (Phi) is 5.49. The number of aromatic amines is 1. The highest BCUT2D eigenvalue weighted by Gasteiger charge is 2.24. The van der Waals surface area contributed by atoms with Crippen LogP contribution in [0.25, 0.3) is 0 Å². The van der Waals surface area contributed by atoms with Crippen molar-refractivity contribution in [3.05, 3.63) is 43.9 Å². The second-order valence-corrected chi connectivity index (χ2v) is 6.93. The van der Waals surface area contributed by atoms with Crippen LogP contribution in [0, 0.1) is 13.8 Å². The molecule has 1 amide bonds. The van der Waals surface area contributed by atoms with Crippen molar-refractivity contribution in [1.82, 2.24) is 10.3 Å². The van der Waals surface area contributed by atoms with Crippen LogP contribution in [0.4, 0.5) is 0 Å². The lowest BCUT2D eigenvalue weighted by Gasteiger charge is -2.12. The molecule has 5 nitrogen and oxygen atoms in total. The lowest BCUT2D eigenvalue weighted by Crippen LogP contribution is -2.27. The first-order valence-electron chi connectivity index (χ1n) is 7.27. The van der Waals surface area contributed by atoms with Crippen LogP contribution in [0.5, 0.6) is 0 Å². The second-order valence-electron chi connectivity index (χ2n) is 5.18. The molecule has 0 aliphatic carbocycles. The van der Waals surface area contributed by atoms with E-state index < -0.39 is 5.97 Å². The van der Waals surface area contributed by atoms with Gasteiger partial charge in [0.1, 0.15) is 5.69 Å². The van der Waals surface area contributed by atoms with Crippen molar-refractivity contribution in [1.29, 1.82) is 0 Å². The number of hydrogen-bond acceptors (Lipinski definition) is 4. The van der Waals surface area contributed by atoms with Crippen molar-refractivity contribution in [2.75, 3.05) is 6.61 Å². The third-order valence-electron chi connectivity index (χ3n) is 3.51. The van der Waals surface area contributed by atoms with Crippen molar-refractivity contribution in [3.63, 3.8) is 0 Å². The van der Waals surface area contributed by atoms with Gasteiger partial charge < -0.3 is 15.0 Å². The molecule has 2 N–H and O–H groups in total. The normalized spacial score (nSPS) is 12.0. The highest BCUT2D eigenvalue weighted by molar-refractivity contribution is 7.16. The topological polar surface area (TPSA) is 71.2 Å². The quantitative estimate of drug-likeness (QED) is 0.797. The van der Waals surface area contributed by atoms with E-state index in [2.05, 4.69) is 10.3 Å². The van der Waals surface area contributed by atoms with Gasteiger partial charge in [0.25, 0.3) is 5.91 Å². The molecule has 0 saturated carbocycles. The van der Waals surface area contributed by atoms with Gasteiger partial charge in [0.2, 0.25) is 0 Å². The van der Waals surface area contributed by atoms with Crippen LogP contribution in [0.2, 0.25) is 4.34 Å². The van der Waals surface area contributed by atoms with Crippen LogP contribution in [0.15, 0.2) is 12.1 Å². The molecule has 0 fully saturated rings. The number of halogens is 1. The number of esters is 1. The minimum Gasteiger partial charge on any atom is -0.462 e. The van der Waals surface area contributed by atoms with E-state index in [1.807, 2.05) is 13.0 Å². The number of carbonyl (C=O) groups is 2. The zero-order valence-electron chi connectivity index (χ0n) is 13.5. The van der Waals surface area contributed by atoms with E-state index in [1.54, 1.807) is 26.8 Å². The lowest BCUT2D eigenvalue weighted by atomic mass is 10.1. The third kappa shape index (κ3) is 3.76. The van der Waals surface area contributed by atoms with Crippen LogP contribution in [0.1, 0.15) is 56.9 Å². The average molecular weight is 355 g/mol. The van der Waals surface area contributed by atoms with Gasteiger partial charge in [-0.05, 0) is 45.4 Å². The van der Waals surface area contributed by atoms with Crippen LogP contribution in [0.3, 0.4) is 0 Å². The number of ether oxygens (including phenoxy) is 1. The fourth-order valence-corrected chi connectivity index (χ4v) is 3.45. The largest absolute Gasteiger partial charge is 0.462 e. The molecule has 2 aromatic heterocycles. The number of H-pyrrole nitrogens is 1. The maximum atomic E-state index is 12.5. The number of aryl methyl sites for hydroxylation is 1. The van der Waals surface area contributed by atoms with Crippen LogP contribution in [-0.2, 0) is 4.74 Å². The molecule has 0 bridgehead atoms. The molecule has 0 aliphatic heterocycles. The predicted molar refractivity (Wildman–Crippen MR) is 91.4 cm³/mol. The minimum absolute atomic E-state index is 0.172. The standard InChI is InChI=1S/C16H19ClN2O3S/c1-5-22-16(21)13-8(2)14(18-10(13)4)15(20)19-9(3)11-6-7-12(17)23-11/h6-7,9,18H,5H2,1-4H3,(H,19,20). The van der Waals surface area contributed by atoms with Gasteiger partial charge >= 0.3 is 5.97 Å². The van der Waals surface area contributed by atoms with Crippen molar-refractivity contribution >= 4 is 34.8 Å². The van der Waals surface area contributed by atoms with Crippen molar-refractivity contribution < 1.29 is 14.3 Å². The van der Waals surface area contributed by atoms with Gasteiger partial charge in [-0.3, -0.25) is 4.79 Å². The van der Waals surface area contributed by atoms with E-state index >= 15 is 0 Å². The number of rotatable bonds is 5. The fourth-order valence-electron chi connectivity index (χ4n) is 2.39. The Bertz CT molecular complexity index is 736. The van der Waals surface area contributed by atoms with Gasteiger partial charge in [-0.15, -0.1) is 11.3 Å². The Morgan fingerprint density at radius 3 is 2.65 bits per heavy atom. The van der Waals surface area contributed by atoms with Gasteiger partial charge in [0.05, 0.1) is 22.5 Å². The van der Waals surface area contributed by atoms with Crippen LogP contribution < -0.4 is 5.32 Å². The van der Waals surface area contributed by atoms with E-state index in [9.17, 15) is 9.59 Å². The summed E-state index contributed by atoms with van der Waals surface area (Å²) in [6.07, 6.45) is 0. The maximum Gasteiger partial charge on any atom is 0.340 e. The molecule has 0 saturated heterocycles. The molecule has 7 heteroatoms. The number of nitrogens with one attached hydrogen (secondary N) is 2. The zero-order valence-corrected chi connectivity index (χ0v) is 15.0. The highest BCUT2D eigenvalue weighted by atomic mass is 35.5. The van der Waals surface area contributed by atoms with Gasteiger partial charge in [0, 0.05) is 10.6 Å². The molecule has 1 atom stereocenters. The third-order valence-corrected chi connectivity index (χ3v) is 4.93. The summed E-state index contributed by atoms with van der Waals surface area (Å²) >= 11 is 7.34. The zero-order chi connectivity index (χ0) is 17.1. The van der Waals surface area contributed by atoms with Crippen molar-refractivity contribution in [2.45, 2.75) is 33.7 Å². The molecule has 0 aromatic carbocycles. The number of hydrogen-bond donors (Lipinski definition) is 2. The van der Waals surface area contributed by atoms with Gasteiger partial charge in [-0.25, -0.2) is 4.79 Å². The monoisotopic (exact) mass is 354 g/mol. The van der Waals surface area contributed by atoms with E-state index in [4.69, 9.17) is 16.3 Å². The summed E-state index contributed by atoms with van der Waals surface area (Å²) in [7, 11) is 0. The van der Waals surface area contributed by atoms with E-state index in [0.717, 1.165) is 4.88 Å². The first-order chi connectivity index (χ1) is 10.8. The summed E-state index contributed by atoms with van der Waals surface area (Å²) in [5, 5.41) is 2.91. The molecule has 0 radical (unpaired) electrons. The summed E-state index contributed by atoms with van der Waals surface area (Å²) in [6, 6.07) is 3.51. The summed E-state index contributed by atoms with van der Waals surface area (Å²) in [5.74, 6) is -0.686. The van der Waals surface area contributed by atoms with Crippen molar-refractivity contribution in [2.24, 2.45) is 0 Å². The Morgan fingerprint density at radius 2 is 2.09 bits per heavy atom. The van der Waals surface area contributed by atoms with E-state index in [0.29, 0.717) is 33.5 Å². The first-order valence-corrected chi connectivity index (χ1v) is 8.47. The van der Waals surface area contributed by atoms with Crippen LogP contribution in [-0.4, -0.2) is 23.5 Å². The molecule has 23 heavy (non-hydrogen) atoms. The van der Waals surface area contributed by atoms with Crippen LogP contribution >= 0.6 is 22.9 Å². The Morgan fingerprint density at radius 1 is 1.39 bits per heavy atom. The van der Waals surface area contributed by atoms with Gasteiger partial charge in [-0.1, -0.05) is 11.6 Å². The summed E-state index contributed by atoms with van der Waals surface area (Å²) < 4.78 is 5.71. The maximum absolute atomic E-state index is 12.5. The number of carbonyl (C=O) groups excluding carboxylic acids is 2. The molecule has 0 aliphatic rings. The fraction of sp³-hybridized carbons (Fsp3) is 0.375. The minimum atomic E-state index is -0.420. The number of thiophene rings is 1. The number of amides is 1. The molecule has 0 spiro atoms. The van der Waals surface area contributed by atoms with E-state index in [-0.39, 0.29) is 11.9 Å². The lowest BCUT2D eigenvalue weighted by molar-refractivity contribution is 0.0525. The van der Waals surface area contributed by atoms with Gasteiger partial charge in [-0.2, -0.15) is 0 Å². The van der Waals surface area contributed by atoms with Gasteiger partial charge in [0.15, 0.2) is 0 Å². The van der Waals surface area contributed by atoms with E-state index in [1.165, 1.54) is 11.3 Å². The highest BCUT2D eigenvalue weighted by Crippen LogP contribution is 2.27. The number of aromatic nitrogens is 1. The average Bonchev–Trinajstić information content (AvgIpc) is 3.03. The molecule has 2 aromatic rings. The van der Waals surface area contributed by atoms with Crippen molar-refractivity contribution in [3.8, 4) is 0 Å². The molecular formula is C16H19ClN2O3S. The Labute approximate surface area is 144 Å². The Hall–Kier alpha value is -1.79. The SMILES string of the molecule is CCOC(=O)c1c(C)[nH]c(C(=O)NC(C)c2ccc(Cl)s2)c1C. The molecule has 2 heterocycles. The molecule has 2 rings (SSSR count). The molecule has 124 valence electrons. The first kappa shape index (κ1) is 17.6. The summed E-state index contributed by atoms with van der Waals surface area (Å²) in [6.45, 7) is 7.41. The summed E-state index contributed by atoms with van der Waals surface area (Å²) in [4.78, 5) is 28.4. The molecule has 1 unspecified atom stereocenters. The predicted octanol–water partition coefficient (Wildman–Crippen LogP) is 4.01. The summed E-state index contributed by atoms with van der Waals surface area (Å²) in [5.41, 5.74) is 2.01.